The maximum atomic E-state index is 6.51. The highest BCUT2D eigenvalue weighted by Crippen LogP contribution is 2.64. The fourth-order valence-corrected chi connectivity index (χ4v) is 7.75. The molecule has 4 bridgehead atoms. The second kappa shape index (κ2) is 4.55. The Morgan fingerprint density at radius 3 is 1.95 bits per heavy atom. The number of hydrogen-bond acceptors (Lipinski definition) is 1. The summed E-state index contributed by atoms with van der Waals surface area (Å²) in [6.07, 6.45) is 11.2. The molecule has 1 nitrogen and oxygen atoms in total. The minimum Gasteiger partial charge on any atom is -0.304 e. The number of halogens is 2. The van der Waals surface area contributed by atoms with Gasteiger partial charge in [-0.05, 0) is 88.9 Å². The van der Waals surface area contributed by atoms with Crippen molar-refractivity contribution < 1.29 is 0 Å². The van der Waals surface area contributed by atoms with E-state index < -0.39 is 0 Å². The van der Waals surface area contributed by atoms with Crippen molar-refractivity contribution in [1.29, 1.82) is 0 Å². The normalized spacial score (nSPS) is 49.8. The summed E-state index contributed by atoms with van der Waals surface area (Å²) in [5.41, 5.74) is 0.133. The predicted molar refractivity (Wildman–Crippen MR) is 87.0 cm³/mol. The molecule has 0 unspecified atom stereocenters. The third-order valence-electron chi connectivity index (χ3n) is 7.21. The average Bonchev–Trinajstić information content (AvgIpc) is 2.33. The molecule has 0 aromatic carbocycles. The van der Waals surface area contributed by atoms with Gasteiger partial charge in [-0.3, -0.25) is 0 Å². The third kappa shape index (κ3) is 1.80. The highest BCUT2D eigenvalue weighted by Gasteiger charge is 2.63. The molecule has 4 heteroatoms. The number of nitrogens with zero attached hydrogens (tertiary/aromatic N) is 1. The van der Waals surface area contributed by atoms with Crippen LogP contribution < -0.4 is 0 Å². The summed E-state index contributed by atoms with van der Waals surface area (Å²) in [7, 11) is 0. The summed E-state index contributed by atoms with van der Waals surface area (Å²) in [4.78, 5) is 2.56. The number of piperidine rings is 1. The van der Waals surface area contributed by atoms with Crippen molar-refractivity contribution in [2.24, 2.45) is 23.7 Å². The van der Waals surface area contributed by atoms with Crippen molar-refractivity contribution in [2.75, 3.05) is 0 Å². The molecule has 4 saturated carbocycles. The van der Waals surface area contributed by atoms with Crippen LogP contribution in [0.3, 0.4) is 0 Å². The summed E-state index contributed by atoms with van der Waals surface area (Å²) in [6, 6.07) is 0. The van der Waals surface area contributed by atoms with Crippen molar-refractivity contribution in [3.63, 3.8) is 0 Å². The Bertz CT molecular complexity index is 381. The van der Waals surface area contributed by atoms with Crippen molar-refractivity contribution in [3.05, 3.63) is 0 Å². The lowest BCUT2D eigenvalue weighted by Crippen LogP contribution is -2.73. The number of rotatable bonds is 1. The van der Waals surface area contributed by atoms with Crippen LogP contribution in [-0.4, -0.2) is 21.6 Å². The van der Waals surface area contributed by atoms with Crippen molar-refractivity contribution >= 4 is 28.6 Å². The Labute approximate surface area is 133 Å². The van der Waals surface area contributed by atoms with E-state index in [1.807, 2.05) is 0 Å². The zero-order chi connectivity index (χ0) is 14.1. The lowest BCUT2D eigenvalue weighted by Gasteiger charge is -2.69. The Morgan fingerprint density at radius 1 is 0.900 bits per heavy atom. The molecular formula is C16H26BCl2N. The van der Waals surface area contributed by atoms with Crippen LogP contribution in [0.5, 0.6) is 0 Å². The third-order valence-corrected chi connectivity index (χ3v) is 7.60. The smallest absolute Gasteiger partial charge is 0.304 e. The molecule has 1 saturated heterocycles. The maximum absolute atomic E-state index is 6.51. The first kappa shape index (κ1) is 14.2. The average molecular weight is 314 g/mol. The van der Waals surface area contributed by atoms with Gasteiger partial charge < -0.3 is 4.81 Å². The van der Waals surface area contributed by atoms with E-state index in [0.717, 1.165) is 23.7 Å². The first-order valence-electron chi connectivity index (χ1n) is 8.51. The monoisotopic (exact) mass is 313 g/mol. The Morgan fingerprint density at radius 2 is 1.45 bits per heavy atom. The van der Waals surface area contributed by atoms with Gasteiger partial charge in [-0.25, -0.2) is 0 Å². The molecule has 0 N–H and O–H groups in total. The zero-order valence-electron chi connectivity index (χ0n) is 12.7. The largest absolute Gasteiger partial charge is 0.435 e. The zero-order valence-corrected chi connectivity index (χ0v) is 14.3. The van der Waals surface area contributed by atoms with Crippen LogP contribution in [0.25, 0.3) is 0 Å². The summed E-state index contributed by atoms with van der Waals surface area (Å²) >= 11 is 13.0. The molecule has 1 heterocycles. The molecule has 0 aromatic rings. The van der Waals surface area contributed by atoms with Crippen LogP contribution in [0.4, 0.5) is 0 Å². The second-order valence-electron chi connectivity index (χ2n) is 8.61. The maximum Gasteiger partial charge on any atom is 0.435 e. The van der Waals surface area contributed by atoms with E-state index in [9.17, 15) is 0 Å². The van der Waals surface area contributed by atoms with Gasteiger partial charge in [0, 0.05) is 11.1 Å². The lowest BCUT2D eigenvalue weighted by molar-refractivity contribution is -0.151. The molecule has 0 amide bonds. The molecule has 5 aliphatic rings. The number of hydrogen-bond donors (Lipinski definition) is 0. The molecule has 4 aliphatic carbocycles. The standard InChI is InChI=1S/C16H26BCl2N/c1-15(2)4-3-5-16(20(15)17(18)19)13-7-11-6-12(9-13)10-14(16)8-11/h11-14H,3-10H2,1-2H3. The minimum atomic E-state index is -0.345. The molecule has 5 rings (SSSR count). The van der Waals surface area contributed by atoms with E-state index >= 15 is 0 Å². The quantitative estimate of drug-likeness (QED) is 0.622. The minimum absolute atomic E-state index is 0.155. The van der Waals surface area contributed by atoms with E-state index in [0.29, 0.717) is 5.54 Å². The van der Waals surface area contributed by atoms with Gasteiger partial charge in [-0.15, -0.1) is 22.9 Å². The van der Waals surface area contributed by atoms with Gasteiger partial charge in [-0.1, -0.05) is 0 Å². The molecule has 112 valence electrons. The Kier molecular flexibility index (Phi) is 3.24. The predicted octanol–water partition coefficient (Wildman–Crippen LogP) is 4.91. The van der Waals surface area contributed by atoms with E-state index in [4.69, 9.17) is 22.9 Å². The highest BCUT2D eigenvalue weighted by atomic mass is 35.5. The van der Waals surface area contributed by atoms with E-state index in [2.05, 4.69) is 18.7 Å². The van der Waals surface area contributed by atoms with Crippen molar-refractivity contribution in [3.8, 4) is 0 Å². The Hall–Kier alpha value is 0.605. The van der Waals surface area contributed by atoms with E-state index in [1.54, 1.807) is 0 Å². The van der Waals surface area contributed by atoms with E-state index in [-0.39, 0.29) is 11.2 Å². The molecule has 0 aromatic heterocycles. The summed E-state index contributed by atoms with van der Waals surface area (Å²) < 4.78 is 0. The van der Waals surface area contributed by atoms with Crippen molar-refractivity contribution in [1.82, 2.24) is 4.81 Å². The molecule has 1 spiro atoms. The molecule has 0 atom stereocenters. The topological polar surface area (TPSA) is 3.24 Å². The Balaban J connectivity index is 1.77. The molecule has 1 aliphatic heterocycles. The van der Waals surface area contributed by atoms with Gasteiger partial charge >= 0.3 is 5.68 Å². The second-order valence-corrected chi connectivity index (χ2v) is 9.66. The summed E-state index contributed by atoms with van der Waals surface area (Å²) in [5.74, 6) is 3.75. The van der Waals surface area contributed by atoms with Gasteiger partial charge in [0.05, 0.1) is 0 Å². The molecule has 5 fully saturated rings. The van der Waals surface area contributed by atoms with Gasteiger partial charge in [0.25, 0.3) is 0 Å². The first-order valence-corrected chi connectivity index (χ1v) is 9.38. The fraction of sp³-hybridized carbons (Fsp3) is 1.00. The lowest BCUT2D eigenvalue weighted by atomic mass is 9.45. The highest BCUT2D eigenvalue weighted by molar-refractivity contribution is 7.32. The van der Waals surface area contributed by atoms with Gasteiger partial charge in [0.2, 0.25) is 0 Å². The molecule has 20 heavy (non-hydrogen) atoms. The van der Waals surface area contributed by atoms with Gasteiger partial charge in [0.15, 0.2) is 0 Å². The summed E-state index contributed by atoms with van der Waals surface area (Å²) in [6.45, 7) is 4.72. The summed E-state index contributed by atoms with van der Waals surface area (Å²) in [5, 5.41) is 0. The van der Waals surface area contributed by atoms with Gasteiger partial charge in [0.1, 0.15) is 0 Å². The van der Waals surface area contributed by atoms with Crippen molar-refractivity contribution in [2.45, 2.75) is 76.3 Å². The van der Waals surface area contributed by atoms with Crippen LogP contribution in [0.15, 0.2) is 0 Å². The van der Waals surface area contributed by atoms with Crippen LogP contribution in [0, 0.1) is 23.7 Å². The van der Waals surface area contributed by atoms with Crippen LogP contribution in [-0.2, 0) is 0 Å². The SMILES string of the molecule is CC1(C)CCCC2(C3CC4CC(C3)CC2C4)N1B(Cl)Cl. The molecule has 0 radical (unpaired) electrons. The van der Waals surface area contributed by atoms with Gasteiger partial charge in [-0.2, -0.15) is 0 Å². The fourth-order valence-electron chi connectivity index (χ4n) is 6.86. The van der Waals surface area contributed by atoms with Crippen LogP contribution in [0.1, 0.15) is 65.2 Å². The van der Waals surface area contributed by atoms with E-state index in [1.165, 1.54) is 51.4 Å². The van der Waals surface area contributed by atoms with Crippen LogP contribution in [0.2, 0.25) is 0 Å². The molecular weight excluding hydrogens is 288 g/mol. The first-order chi connectivity index (χ1) is 9.43. The van der Waals surface area contributed by atoms with Crippen LogP contribution >= 0.6 is 22.9 Å².